The first kappa shape index (κ1) is 9.83. The highest BCUT2D eigenvalue weighted by Gasteiger charge is 2.17. The van der Waals surface area contributed by atoms with Crippen LogP contribution in [0.5, 0.6) is 5.75 Å². The van der Waals surface area contributed by atoms with Crippen molar-refractivity contribution in [3.05, 3.63) is 23.8 Å². The van der Waals surface area contributed by atoms with E-state index in [2.05, 4.69) is 0 Å². The lowest BCUT2D eigenvalue weighted by molar-refractivity contribution is 0.150. The van der Waals surface area contributed by atoms with Crippen LogP contribution in [0, 0.1) is 0 Å². The molecule has 0 saturated heterocycles. The highest BCUT2D eigenvalue weighted by Crippen LogP contribution is 2.30. The van der Waals surface area contributed by atoms with Crippen LogP contribution in [0.1, 0.15) is 18.6 Å². The third-order valence-corrected chi connectivity index (χ3v) is 1.92. The second-order valence-corrected chi connectivity index (χ2v) is 3.09. The number of aliphatic hydroxyl groups excluding tert-OH is 1. The van der Waals surface area contributed by atoms with Crippen molar-refractivity contribution in [1.82, 2.24) is 0 Å². The number of aromatic hydroxyl groups is 1. The van der Waals surface area contributed by atoms with Crippen LogP contribution < -0.4 is 11.5 Å². The summed E-state index contributed by atoms with van der Waals surface area (Å²) in [6.07, 6.45) is -0.886. The average molecular weight is 182 g/mol. The summed E-state index contributed by atoms with van der Waals surface area (Å²) in [6.45, 7) is 1.66. The number of anilines is 1. The van der Waals surface area contributed by atoms with Crippen molar-refractivity contribution in [3.8, 4) is 5.75 Å². The Kier molecular flexibility index (Phi) is 2.75. The molecule has 6 N–H and O–H groups in total. The molecule has 1 aromatic carbocycles. The molecular formula is C9H14N2O2. The van der Waals surface area contributed by atoms with Gasteiger partial charge in [-0.1, -0.05) is 12.1 Å². The van der Waals surface area contributed by atoms with E-state index >= 15 is 0 Å². The molecule has 0 aliphatic rings. The van der Waals surface area contributed by atoms with Crippen molar-refractivity contribution < 1.29 is 10.2 Å². The molecule has 0 heterocycles. The van der Waals surface area contributed by atoms with Gasteiger partial charge in [-0.25, -0.2) is 0 Å². The van der Waals surface area contributed by atoms with Crippen LogP contribution in [0.25, 0.3) is 0 Å². The first-order valence-corrected chi connectivity index (χ1v) is 4.05. The highest BCUT2D eigenvalue weighted by molar-refractivity contribution is 5.56. The van der Waals surface area contributed by atoms with E-state index in [-0.39, 0.29) is 11.4 Å². The maximum absolute atomic E-state index is 9.56. The maximum Gasteiger partial charge on any atom is 0.144 e. The number of para-hydroxylation sites is 1. The van der Waals surface area contributed by atoms with E-state index in [4.69, 9.17) is 11.5 Å². The first-order valence-electron chi connectivity index (χ1n) is 4.05. The van der Waals surface area contributed by atoms with Crippen LogP contribution in [0.2, 0.25) is 0 Å². The van der Waals surface area contributed by atoms with Gasteiger partial charge in [0.25, 0.3) is 0 Å². The molecule has 0 fully saturated rings. The van der Waals surface area contributed by atoms with Crippen molar-refractivity contribution in [2.45, 2.75) is 19.1 Å². The molecule has 0 aliphatic carbocycles. The molecule has 1 rings (SSSR count). The van der Waals surface area contributed by atoms with Gasteiger partial charge in [-0.15, -0.1) is 0 Å². The minimum atomic E-state index is -0.886. The number of phenols is 1. The normalized spacial score (nSPS) is 15.3. The number of aliphatic hydroxyl groups is 1. The summed E-state index contributed by atoms with van der Waals surface area (Å²) in [5.41, 5.74) is 11.6. The summed E-state index contributed by atoms with van der Waals surface area (Å²) in [5, 5.41) is 19.0. The predicted molar refractivity (Wildman–Crippen MR) is 51.1 cm³/mol. The van der Waals surface area contributed by atoms with Crippen molar-refractivity contribution >= 4 is 5.69 Å². The zero-order valence-corrected chi connectivity index (χ0v) is 7.44. The third-order valence-electron chi connectivity index (χ3n) is 1.92. The maximum atomic E-state index is 9.56. The molecule has 4 heteroatoms. The summed E-state index contributed by atoms with van der Waals surface area (Å²) in [4.78, 5) is 0. The van der Waals surface area contributed by atoms with Crippen molar-refractivity contribution in [2.75, 3.05) is 5.73 Å². The molecule has 0 amide bonds. The summed E-state index contributed by atoms with van der Waals surface area (Å²) >= 11 is 0. The molecule has 0 radical (unpaired) electrons. The zero-order chi connectivity index (χ0) is 10.0. The van der Waals surface area contributed by atoms with Crippen molar-refractivity contribution in [1.29, 1.82) is 0 Å². The Hall–Kier alpha value is -1.26. The van der Waals surface area contributed by atoms with Gasteiger partial charge in [-0.05, 0) is 13.0 Å². The summed E-state index contributed by atoms with van der Waals surface area (Å²) in [5.74, 6) is -0.0905. The van der Waals surface area contributed by atoms with E-state index in [1.165, 1.54) is 0 Å². The Balaban J connectivity index is 3.07. The molecule has 4 nitrogen and oxygen atoms in total. The van der Waals surface area contributed by atoms with E-state index < -0.39 is 12.1 Å². The Morgan fingerprint density at radius 1 is 1.38 bits per heavy atom. The smallest absolute Gasteiger partial charge is 0.144 e. The average Bonchev–Trinajstić information content (AvgIpc) is 2.08. The number of phenolic OH excluding ortho intramolecular Hbond substituents is 1. The van der Waals surface area contributed by atoms with Crippen LogP contribution in [-0.4, -0.2) is 16.3 Å². The van der Waals surface area contributed by atoms with Gasteiger partial charge < -0.3 is 21.7 Å². The van der Waals surface area contributed by atoms with Crippen LogP contribution in [0.15, 0.2) is 18.2 Å². The number of hydrogen-bond acceptors (Lipinski definition) is 4. The van der Waals surface area contributed by atoms with Crippen LogP contribution in [-0.2, 0) is 0 Å². The largest absolute Gasteiger partial charge is 0.505 e. The van der Waals surface area contributed by atoms with E-state index in [1.54, 1.807) is 25.1 Å². The van der Waals surface area contributed by atoms with Gasteiger partial charge in [0.05, 0.1) is 11.8 Å². The molecule has 0 bridgehead atoms. The molecule has 0 aromatic heterocycles. The van der Waals surface area contributed by atoms with Gasteiger partial charge in [-0.3, -0.25) is 0 Å². The zero-order valence-electron chi connectivity index (χ0n) is 7.44. The van der Waals surface area contributed by atoms with Crippen molar-refractivity contribution in [2.24, 2.45) is 5.73 Å². The molecule has 2 atom stereocenters. The molecule has 0 aliphatic heterocycles. The summed E-state index contributed by atoms with van der Waals surface area (Å²) in [6, 6.07) is 4.38. The molecule has 1 aromatic rings. The van der Waals surface area contributed by atoms with Crippen LogP contribution in [0.4, 0.5) is 5.69 Å². The monoisotopic (exact) mass is 182 g/mol. The number of hydrogen-bond donors (Lipinski definition) is 4. The predicted octanol–water partition coefficient (Wildman–Crippen LogP) is 0.355. The second kappa shape index (κ2) is 3.64. The fourth-order valence-corrected chi connectivity index (χ4v) is 1.10. The Morgan fingerprint density at radius 2 is 2.00 bits per heavy atom. The lowest BCUT2D eigenvalue weighted by atomic mass is 10.0. The lowest BCUT2D eigenvalue weighted by Gasteiger charge is -2.16. The minimum absolute atomic E-state index is 0.0905. The fourth-order valence-electron chi connectivity index (χ4n) is 1.10. The van der Waals surface area contributed by atoms with E-state index in [0.29, 0.717) is 5.56 Å². The van der Waals surface area contributed by atoms with Gasteiger partial charge in [-0.2, -0.15) is 0 Å². The molecule has 0 unspecified atom stereocenters. The van der Waals surface area contributed by atoms with E-state index in [0.717, 1.165) is 0 Å². The standard InChI is InChI=1S/C9H14N2O2/c1-5(10)8(12)6-3-2-4-7(11)9(6)13/h2-5,8,12-13H,10-11H2,1H3/t5-,8+/m0/s1. The third kappa shape index (κ3) is 1.91. The highest BCUT2D eigenvalue weighted by atomic mass is 16.3. The number of rotatable bonds is 2. The van der Waals surface area contributed by atoms with Gasteiger partial charge in [0, 0.05) is 11.6 Å². The van der Waals surface area contributed by atoms with Gasteiger partial charge >= 0.3 is 0 Å². The molecular weight excluding hydrogens is 168 g/mol. The number of nitrogen functional groups attached to an aromatic ring is 1. The second-order valence-electron chi connectivity index (χ2n) is 3.09. The number of nitrogens with two attached hydrogens (primary N) is 2. The first-order chi connectivity index (χ1) is 6.04. The minimum Gasteiger partial charge on any atom is -0.505 e. The molecule has 0 saturated carbocycles. The van der Waals surface area contributed by atoms with Crippen LogP contribution in [0.3, 0.4) is 0 Å². The lowest BCUT2D eigenvalue weighted by Crippen LogP contribution is -2.24. The van der Waals surface area contributed by atoms with Crippen LogP contribution >= 0.6 is 0 Å². The quantitative estimate of drug-likeness (QED) is 0.392. The Morgan fingerprint density at radius 3 is 2.54 bits per heavy atom. The fraction of sp³-hybridized carbons (Fsp3) is 0.333. The summed E-state index contributed by atoms with van der Waals surface area (Å²) < 4.78 is 0. The molecule has 72 valence electrons. The Labute approximate surface area is 76.8 Å². The van der Waals surface area contributed by atoms with Gasteiger partial charge in [0.2, 0.25) is 0 Å². The summed E-state index contributed by atoms with van der Waals surface area (Å²) in [7, 11) is 0. The number of benzene rings is 1. The molecule has 13 heavy (non-hydrogen) atoms. The van der Waals surface area contributed by atoms with Gasteiger partial charge in [0.15, 0.2) is 0 Å². The molecule has 0 spiro atoms. The van der Waals surface area contributed by atoms with E-state index in [1.807, 2.05) is 0 Å². The topological polar surface area (TPSA) is 92.5 Å². The van der Waals surface area contributed by atoms with Crippen molar-refractivity contribution in [3.63, 3.8) is 0 Å². The van der Waals surface area contributed by atoms with Gasteiger partial charge in [0.1, 0.15) is 5.75 Å². The SMILES string of the molecule is C[C@H](N)[C@@H](O)c1cccc(N)c1O. The van der Waals surface area contributed by atoms with E-state index in [9.17, 15) is 10.2 Å². The Bertz CT molecular complexity index is 300.